The molecule has 0 bridgehead atoms. The molecule has 1 saturated heterocycles. The monoisotopic (exact) mass is 345 g/mol. The largest absolute Gasteiger partial charge is 0.376 e. The molecule has 2 heterocycles. The fraction of sp³-hybridized carbons (Fsp3) is 0.500. The molecular formula is C18H23N3O4. The average molecular weight is 345 g/mol. The smallest absolute Gasteiger partial charge is 0.249 e. The maximum atomic E-state index is 12.1. The van der Waals surface area contributed by atoms with Gasteiger partial charge in [0.2, 0.25) is 17.6 Å². The molecule has 1 aliphatic heterocycles. The van der Waals surface area contributed by atoms with Crippen LogP contribution >= 0.6 is 0 Å². The number of aromatic nitrogens is 2. The standard InChI is InChI=1S/C18H23N3O4/c1-13(24-12-15-9-5-6-10-23-15)18(22)19-11-16-20-17(21-25-16)14-7-3-2-4-8-14/h2-4,7-8,13,15H,5-6,9-12H2,1H3,(H,19,22). The molecule has 0 radical (unpaired) electrons. The van der Waals surface area contributed by atoms with E-state index < -0.39 is 6.10 Å². The van der Waals surface area contributed by atoms with Crippen LogP contribution in [0.1, 0.15) is 32.1 Å². The van der Waals surface area contributed by atoms with E-state index in [0.29, 0.717) is 18.3 Å². The van der Waals surface area contributed by atoms with Crippen LogP contribution in [0.5, 0.6) is 0 Å². The van der Waals surface area contributed by atoms with Crippen molar-refractivity contribution in [2.45, 2.75) is 44.9 Å². The number of nitrogens with one attached hydrogen (secondary N) is 1. The van der Waals surface area contributed by atoms with Crippen molar-refractivity contribution in [3.63, 3.8) is 0 Å². The molecule has 1 aliphatic rings. The molecule has 3 rings (SSSR count). The second-order valence-electron chi connectivity index (χ2n) is 6.06. The number of ether oxygens (including phenoxy) is 2. The van der Waals surface area contributed by atoms with Gasteiger partial charge < -0.3 is 19.3 Å². The van der Waals surface area contributed by atoms with E-state index in [2.05, 4.69) is 15.5 Å². The van der Waals surface area contributed by atoms with Crippen molar-refractivity contribution in [2.75, 3.05) is 13.2 Å². The van der Waals surface area contributed by atoms with Crippen LogP contribution in [0, 0.1) is 0 Å². The van der Waals surface area contributed by atoms with Crippen LogP contribution in [0.3, 0.4) is 0 Å². The minimum absolute atomic E-state index is 0.0911. The molecule has 0 saturated carbocycles. The van der Waals surface area contributed by atoms with Gasteiger partial charge in [-0.05, 0) is 26.2 Å². The second kappa shape index (κ2) is 8.73. The van der Waals surface area contributed by atoms with Crippen LogP contribution in [-0.4, -0.2) is 41.5 Å². The summed E-state index contributed by atoms with van der Waals surface area (Å²) in [6.45, 7) is 3.11. The number of benzene rings is 1. The van der Waals surface area contributed by atoms with Gasteiger partial charge in [0.15, 0.2) is 0 Å². The van der Waals surface area contributed by atoms with Crippen molar-refractivity contribution in [1.82, 2.24) is 15.5 Å². The van der Waals surface area contributed by atoms with Gasteiger partial charge in [0.25, 0.3) is 0 Å². The topological polar surface area (TPSA) is 86.5 Å². The lowest BCUT2D eigenvalue weighted by molar-refractivity contribution is -0.135. The van der Waals surface area contributed by atoms with Crippen molar-refractivity contribution >= 4 is 5.91 Å². The summed E-state index contributed by atoms with van der Waals surface area (Å²) in [7, 11) is 0. The lowest BCUT2D eigenvalue weighted by Crippen LogP contribution is -2.36. The molecule has 7 nitrogen and oxygen atoms in total. The number of rotatable bonds is 7. The van der Waals surface area contributed by atoms with Crippen molar-refractivity contribution in [1.29, 1.82) is 0 Å². The van der Waals surface area contributed by atoms with Gasteiger partial charge in [-0.2, -0.15) is 4.98 Å². The Hall–Kier alpha value is -2.25. The molecule has 1 aromatic carbocycles. The summed E-state index contributed by atoms with van der Waals surface area (Å²) in [5.74, 6) is 0.647. The highest BCUT2D eigenvalue weighted by molar-refractivity contribution is 5.80. The lowest BCUT2D eigenvalue weighted by Gasteiger charge is -2.23. The molecule has 0 spiro atoms. The van der Waals surface area contributed by atoms with E-state index in [1.54, 1.807) is 6.92 Å². The quantitative estimate of drug-likeness (QED) is 0.829. The summed E-state index contributed by atoms with van der Waals surface area (Å²) < 4.78 is 16.4. The summed E-state index contributed by atoms with van der Waals surface area (Å²) in [5.41, 5.74) is 0.869. The third-order valence-electron chi connectivity index (χ3n) is 4.09. The van der Waals surface area contributed by atoms with Crippen molar-refractivity contribution < 1.29 is 18.8 Å². The normalized spacial score (nSPS) is 18.7. The number of hydrogen-bond acceptors (Lipinski definition) is 6. The van der Waals surface area contributed by atoms with E-state index >= 15 is 0 Å². The Morgan fingerprint density at radius 3 is 2.96 bits per heavy atom. The zero-order valence-corrected chi connectivity index (χ0v) is 14.3. The number of nitrogens with zero attached hydrogens (tertiary/aromatic N) is 2. The zero-order valence-electron chi connectivity index (χ0n) is 14.3. The Morgan fingerprint density at radius 2 is 2.20 bits per heavy atom. The zero-order chi connectivity index (χ0) is 17.5. The molecule has 2 aromatic rings. The Kier molecular flexibility index (Phi) is 6.14. The second-order valence-corrected chi connectivity index (χ2v) is 6.06. The van der Waals surface area contributed by atoms with Crippen LogP contribution in [0.15, 0.2) is 34.9 Å². The summed E-state index contributed by atoms with van der Waals surface area (Å²) >= 11 is 0. The van der Waals surface area contributed by atoms with Gasteiger partial charge in [0.1, 0.15) is 6.10 Å². The Labute approximate surface area is 146 Å². The Balaban J connectivity index is 1.43. The van der Waals surface area contributed by atoms with Crippen molar-refractivity contribution in [3.05, 3.63) is 36.2 Å². The number of amides is 1. The Bertz CT molecular complexity index is 668. The molecular weight excluding hydrogens is 322 g/mol. The van der Waals surface area contributed by atoms with Crippen LogP contribution in [0.4, 0.5) is 0 Å². The first-order valence-electron chi connectivity index (χ1n) is 8.61. The fourth-order valence-electron chi connectivity index (χ4n) is 2.60. The van der Waals surface area contributed by atoms with Crippen molar-refractivity contribution in [3.8, 4) is 11.4 Å². The molecule has 1 aromatic heterocycles. The van der Waals surface area contributed by atoms with Gasteiger partial charge in [-0.1, -0.05) is 35.5 Å². The molecule has 1 amide bonds. The molecule has 1 N–H and O–H groups in total. The predicted molar refractivity (Wildman–Crippen MR) is 90.6 cm³/mol. The number of hydrogen-bond donors (Lipinski definition) is 1. The Morgan fingerprint density at radius 1 is 1.36 bits per heavy atom. The summed E-state index contributed by atoms with van der Waals surface area (Å²) in [5, 5.41) is 6.67. The minimum atomic E-state index is -0.554. The van der Waals surface area contributed by atoms with Crippen molar-refractivity contribution in [2.24, 2.45) is 0 Å². The predicted octanol–water partition coefficient (Wildman–Crippen LogP) is 2.33. The first-order valence-corrected chi connectivity index (χ1v) is 8.61. The van der Waals surface area contributed by atoms with E-state index in [1.807, 2.05) is 30.3 Å². The van der Waals surface area contributed by atoms with E-state index in [9.17, 15) is 4.79 Å². The SMILES string of the molecule is CC(OCC1CCCCO1)C(=O)NCc1nc(-c2ccccc2)no1. The number of carbonyl (C=O) groups excluding carboxylic acids is 1. The van der Waals surface area contributed by atoms with Gasteiger partial charge in [-0.25, -0.2) is 0 Å². The summed E-state index contributed by atoms with van der Waals surface area (Å²) in [4.78, 5) is 16.4. The number of carbonyl (C=O) groups is 1. The van der Waals surface area contributed by atoms with E-state index in [-0.39, 0.29) is 18.6 Å². The van der Waals surface area contributed by atoms with Crippen LogP contribution in [-0.2, 0) is 20.8 Å². The highest BCUT2D eigenvalue weighted by atomic mass is 16.5. The maximum absolute atomic E-state index is 12.1. The van der Waals surface area contributed by atoms with Gasteiger partial charge >= 0.3 is 0 Å². The van der Waals surface area contributed by atoms with Crippen LogP contribution < -0.4 is 5.32 Å². The molecule has 2 atom stereocenters. The van der Waals surface area contributed by atoms with E-state index in [1.165, 1.54) is 0 Å². The first kappa shape index (κ1) is 17.6. The highest BCUT2D eigenvalue weighted by Gasteiger charge is 2.19. The van der Waals surface area contributed by atoms with Crippen LogP contribution in [0.2, 0.25) is 0 Å². The first-order chi connectivity index (χ1) is 12.2. The van der Waals surface area contributed by atoms with E-state index in [4.69, 9.17) is 14.0 Å². The third kappa shape index (κ3) is 5.11. The average Bonchev–Trinajstić information content (AvgIpc) is 3.15. The van der Waals surface area contributed by atoms with Gasteiger partial charge in [0, 0.05) is 12.2 Å². The minimum Gasteiger partial charge on any atom is -0.376 e. The molecule has 1 fully saturated rings. The summed E-state index contributed by atoms with van der Waals surface area (Å²) in [6, 6.07) is 9.53. The molecule has 0 aliphatic carbocycles. The highest BCUT2D eigenvalue weighted by Crippen LogP contribution is 2.15. The lowest BCUT2D eigenvalue weighted by atomic mass is 10.1. The van der Waals surface area contributed by atoms with Gasteiger partial charge in [0.05, 0.1) is 19.3 Å². The molecule has 2 unspecified atom stereocenters. The summed E-state index contributed by atoms with van der Waals surface area (Å²) in [6.07, 6.45) is 2.77. The molecule has 25 heavy (non-hydrogen) atoms. The fourth-order valence-corrected chi connectivity index (χ4v) is 2.60. The van der Waals surface area contributed by atoms with Gasteiger partial charge in [-0.3, -0.25) is 4.79 Å². The van der Waals surface area contributed by atoms with E-state index in [0.717, 1.165) is 31.4 Å². The maximum Gasteiger partial charge on any atom is 0.249 e. The molecule has 7 heteroatoms. The van der Waals surface area contributed by atoms with Crippen LogP contribution in [0.25, 0.3) is 11.4 Å². The third-order valence-corrected chi connectivity index (χ3v) is 4.09. The molecule has 134 valence electrons. The van der Waals surface area contributed by atoms with Gasteiger partial charge in [-0.15, -0.1) is 0 Å².